The number of hydrogen-bond acceptors (Lipinski definition) is 8. The first-order valence-corrected chi connectivity index (χ1v) is 4.79. The molecule has 1 aliphatic rings. The molecular formula is C8H6N6O4. The van der Waals surface area contributed by atoms with Gasteiger partial charge in [-0.25, -0.2) is 4.98 Å². The number of H-pyrrole nitrogens is 1. The zero-order chi connectivity index (χ0) is 12.9. The summed E-state index contributed by atoms with van der Waals surface area (Å²) in [5.74, 6) is 0. The number of benzene rings is 1. The summed E-state index contributed by atoms with van der Waals surface area (Å²) in [6, 6.07) is 1.18. The zero-order valence-corrected chi connectivity index (χ0v) is 8.67. The zero-order valence-electron chi connectivity index (χ0n) is 8.67. The van der Waals surface area contributed by atoms with Crippen LogP contribution in [0.2, 0.25) is 0 Å². The van der Waals surface area contributed by atoms with Crippen molar-refractivity contribution in [1.29, 1.82) is 0 Å². The number of nitrogens with one attached hydrogen (secondary N) is 3. The first-order valence-electron chi connectivity index (χ1n) is 4.79. The van der Waals surface area contributed by atoms with E-state index in [1.165, 1.54) is 6.07 Å². The van der Waals surface area contributed by atoms with Gasteiger partial charge in [-0.05, 0) is 5.28 Å². The number of anilines is 2. The predicted octanol–water partition coefficient (Wildman–Crippen LogP) is 0.190. The summed E-state index contributed by atoms with van der Waals surface area (Å²) in [4.78, 5) is 27.8. The second kappa shape index (κ2) is 3.38. The van der Waals surface area contributed by atoms with Crippen LogP contribution in [-0.4, -0.2) is 25.4 Å². The van der Waals surface area contributed by atoms with Crippen molar-refractivity contribution >= 4 is 28.1 Å². The van der Waals surface area contributed by atoms with E-state index in [0.29, 0.717) is 10.8 Å². The topological polar surface area (TPSA) is 136 Å². The number of nitro benzene ring substituents is 1. The number of aromatic amines is 1. The molecule has 2 heterocycles. The molecule has 1 aromatic carbocycles. The van der Waals surface area contributed by atoms with Crippen molar-refractivity contribution in [2.24, 2.45) is 0 Å². The summed E-state index contributed by atoms with van der Waals surface area (Å²) in [5.41, 5.74) is 4.86. The fourth-order valence-corrected chi connectivity index (χ4v) is 1.78. The minimum Gasteiger partial charge on any atom is -0.319 e. The van der Waals surface area contributed by atoms with E-state index in [2.05, 4.69) is 20.8 Å². The molecule has 10 nitrogen and oxygen atoms in total. The summed E-state index contributed by atoms with van der Waals surface area (Å²) in [6.45, 7) is 0. The Bertz CT molecular complexity index is 725. The van der Waals surface area contributed by atoms with E-state index in [-0.39, 0.29) is 22.6 Å². The van der Waals surface area contributed by atoms with Gasteiger partial charge in [0, 0.05) is 6.07 Å². The van der Waals surface area contributed by atoms with E-state index in [1.807, 2.05) is 0 Å². The number of nitro groups is 1. The molecule has 1 aromatic heterocycles. The SMILES string of the molecule is O=c1cnc2c3c(c([N+](=O)[O-])cc2[nH]1)NN(O)N3. The van der Waals surface area contributed by atoms with Crippen LogP contribution in [0.4, 0.5) is 17.1 Å². The molecule has 2 aromatic rings. The van der Waals surface area contributed by atoms with Crippen molar-refractivity contribution in [3.05, 3.63) is 32.7 Å². The predicted molar refractivity (Wildman–Crippen MR) is 59.9 cm³/mol. The molecule has 92 valence electrons. The van der Waals surface area contributed by atoms with Crippen LogP contribution in [0, 0.1) is 10.1 Å². The van der Waals surface area contributed by atoms with E-state index >= 15 is 0 Å². The van der Waals surface area contributed by atoms with Gasteiger partial charge in [-0.2, -0.15) is 0 Å². The van der Waals surface area contributed by atoms with Crippen LogP contribution in [0.25, 0.3) is 11.0 Å². The van der Waals surface area contributed by atoms with Gasteiger partial charge in [-0.1, -0.05) is 0 Å². The van der Waals surface area contributed by atoms with Gasteiger partial charge in [0.1, 0.15) is 11.2 Å². The Morgan fingerprint density at radius 3 is 2.83 bits per heavy atom. The van der Waals surface area contributed by atoms with Crippen LogP contribution in [0.5, 0.6) is 0 Å². The van der Waals surface area contributed by atoms with Crippen molar-refractivity contribution < 1.29 is 10.1 Å². The lowest BCUT2D eigenvalue weighted by molar-refractivity contribution is -0.383. The highest BCUT2D eigenvalue weighted by Gasteiger charge is 2.29. The van der Waals surface area contributed by atoms with Crippen LogP contribution >= 0.6 is 0 Å². The van der Waals surface area contributed by atoms with Crippen molar-refractivity contribution in [3.63, 3.8) is 0 Å². The smallest absolute Gasteiger partial charge is 0.298 e. The van der Waals surface area contributed by atoms with Crippen molar-refractivity contribution in [2.45, 2.75) is 0 Å². The van der Waals surface area contributed by atoms with Crippen LogP contribution in [-0.2, 0) is 0 Å². The summed E-state index contributed by atoms with van der Waals surface area (Å²) in [7, 11) is 0. The minimum absolute atomic E-state index is 0.0783. The first-order chi connectivity index (χ1) is 8.56. The van der Waals surface area contributed by atoms with Gasteiger partial charge in [0.2, 0.25) is 0 Å². The molecule has 0 radical (unpaired) electrons. The monoisotopic (exact) mass is 250 g/mol. The summed E-state index contributed by atoms with van der Waals surface area (Å²) in [6.07, 6.45) is 1.05. The quantitative estimate of drug-likeness (QED) is 0.416. The summed E-state index contributed by atoms with van der Waals surface area (Å²) in [5, 5.41) is 20.7. The summed E-state index contributed by atoms with van der Waals surface area (Å²) < 4.78 is 0. The fourth-order valence-electron chi connectivity index (χ4n) is 1.78. The van der Waals surface area contributed by atoms with Crippen LogP contribution in [0.15, 0.2) is 17.1 Å². The van der Waals surface area contributed by atoms with Gasteiger partial charge >= 0.3 is 0 Å². The number of hydrazine groups is 2. The molecule has 10 heteroatoms. The number of aromatic nitrogens is 2. The maximum Gasteiger partial charge on any atom is 0.298 e. The third-order valence-corrected chi connectivity index (χ3v) is 2.48. The Balaban J connectivity index is 2.41. The van der Waals surface area contributed by atoms with Crippen LogP contribution in [0.1, 0.15) is 0 Å². The fraction of sp³-hybridized carbons (Fsp3) is 0. The normalized spacial score (nSPS) is 14.1. The standard InChI is InChI=1S/C8H6N6O4/c15-5-2-9-6-3(10-5)1-4(13(16)17)7-8(6)12-14(18)11-7/h1-2,11-12,18H,(H,10,15). The average Bonchev–Trinajstić information content (AvgIpc) is 2.68. The molecule has 0 aliphatic carbocycles. The Labute approximate surface area is 97.9 Å². The molecule has 0 fully saturated rings. The van der Waals surface area contributed by atoms with Gasteiger partial charge in [0.25, 0.3) is 11.2 Å². The maximum absolute atomic E-state index is 11.1. The molecule has 0 saturated heterocycles. The number of hydrogen-bond donors (Lipinski definition) is 4. The highest BCUT2D eigenvalue weighted by atomic mass is 16.6. The molecule has 0 amide bonds. The lowest BCUT2D eigenvalue weighted by atomic mass is 10.2. The van der Waals surface area contributed by atoms with E-state index in [1.54, 1.807) is 0 Å². The Morgan fingerprint density at radius 2 is 2.11 bits per heavy atom. The van der Waals surface area contributed by atoms with Gasteiger partial charge in [0.05, 0.1) is 16.6 Å². The number of nitrogens with zero attached hydrogens (tertiary/aromatic N) is 3. The molecular weight excluding hydrogens is 244 g/mol. The Hall–Kier alpha value is -2.72. The second-order valence-electron chi connectivity index (χ2n) is 3.58. The summed E-state index contributed by atoms with van der Waals surface area (Å²) >= 11 is 0. The van der Waals surface area contributed by atoms with Crippen molar-refractivity contribution in [3.8, 4) is 0 Å². The van der Waals surface area contributed by atoms with Gasteiger partial charge in [-0.3, -0.25) is 31.0 Å². The molecule has 0 saturated carbocycles. The van der Waals surface area contributed by atoms with Gasteiger partial charge < -0.3 is 4.98 Å². The molecule has 0 unspecified atom stereocenters. The molecule has 0 spiro atoms. The van der Waals surface area contributed by atoms with E-state index in [4.69, 9.17) is 0 Å². The van der Waals surface area contributed by atoms with Crippen molar-refractivity contribution in [1.82, 2.24) is 15.2 Å². The molecule has 3 rings (SSSR count). The van der Waals surface area contributed by atoms with E-state index < -0.39 is 10.5 Å². The molecule has 4 N–H and O–H groups in total. The molecule has 0 bridgehead atoms. The maximum atomic E-state index is 11.1. The highest BCUT2D eigenvalue weighted by molar-refractivity contribution is 6.00. The molecule has 1 aliphatic heterocycles. The van der Waals surface area contributed by atoms with E-state index in [9.17, 15) is 20.1 Å². The number of fused-ring (bicyclic) bond motifs is 3. The third kappa shape index (κ3) is 1.37. The highest BCUT2D eigenvalue weighted by Crippen LogP contribution is 2.40. The lowest BCUT2D eigenvalue weighted by Gasteiger charge is -2.04. The van der Waals surface area contributed by atoms with Gasteiger partial charge in [0.15, 0.2) is 5.69 Å². The molecule has 0 atom stereocenters. The van der Waals surface area contributed by atoms with Crippen LogP contribution in [0.3, 0.4) is 0 Å². The number of rotatable bonds is 1. The minimum atomic E-state index is -0.628. The van der Waals surface area contributed by atoms with E-state index in [0.717, 1.165) is 6.20 Å². The second-order valence-corrected chi connectivity index (χ2v) is 3.58. The Morgan fingerprint density at radius 1 is 1.39 bits per heavy atom. The van der Waals surface area contributed by atoms with Crippen molar-refractivity contribution in [2.75, 3.05) is 10.9 Å². The largest absolute Gasteiger partial charge is 0.319 e. The lowest BCUT2D eigenvalue weighted by Crippen LogP contribution is -2.25. The Kier molecular flexibility index (Phi) is 1.96. The average molecular weight is 250 g/mol. The van der Waals surface area contributed by atoms with Gasteiger partial charge in [-0.15, -0.1) is 0 Å². The third-order valence-electron chi connectivity index (χ3n) is 2.48. The van der Waals surface area contributed by atoms with Crippen LogP contribution < -0.4 is 16.4 Å². The molecule has 18 heavy (non-hydrogen) atoms. The first kappa shape index (κ1) is 10.4.